The second kappa shape index (κ2) is 9.73. The quantitative estimate of drug-likeness (QED) is 0.642. The Bertz CT molecular complexity index is 763. The highest BCUT2D eigenvalue weighted by Gasteiger charge is 2.15. The number of hydrogen-bond donors (Lipinski definition) is 2. The monoisotopic (exact) mass is 383 g/mol. The predicted molar refractivity (Wildman–Crippen MR) is 115 cm³/mol. The molecule has 3 rings (SSSR count). The molecule has 0 atom stereocenters. The first-order chi connectivity index (χ1) is 13.6. The van der Waals surface area contributed by atoms with E-state index in [4.69, 9.17) is 10.5 Å². The standard InChI is InChI=1S/C22H33N5O/c1-4-5-10-24-22-25-16(2)19(21(23)26-22)14-18-9-8-17(13-20(18)28-3)15-27-11-6-7-12-27/h8-9,13H,4-7,10-12,14-15H2,1-3H3,(H3,23,24,25,26). The fraction of sp³-hybridized carbons (Fsp3) is 0.545. The molecule has 6 nitrogen and oxygen atoms in total. The maximum absolute atomic E-state index is 6.27. The number of benzene rings is 1. The lowest BCUT2D eigenvalue weighted by Gasteiger charge is -2.17. The number of methoxy groups -OCH3 is 1. The van der Waals surface area contributed by atoms with Crippen molar-refractivity contribution in [2.75, 3.05) is 37.8 Å². The molecule has 0 saturated carbocycles. The van der Waals surface area contributed by atoms with Crippen LogP contribution in [-0.2, 0) is 13.0 Å². The molecule has 28 heavy (non-hydrogen) atoms. The molecule has 0 aliphatic carbocycles. The average Bonchev–Trinajstić information content (AvgIpc) is 3.18. The van der Waals surface area contributed by atoms with Crippen LogP contribution in [0.5, 0.6) is 5.75 Å². The fourth-order valence-corrected chi connectivity index (χ4v) is 3.72. The van der Waals surface area contributed by atoms with E-state index in [9.17, 15) is 0 Å². The predicted octanol–water partition coefficient (Wildman–Crippen LogP) is 3.77. The SMILES string of the molecule is CCCCNc1nc(C)c(Cc2ccc(CN3CCCC3)cc2OC)c(N)n1. The number of aromatic nitrogens is 2. The van der Waals surface area contributed by atoms with Gasteiger partial charge in [0.15, 0.2) is 0 Å². The van der Waals surface area contributed by atoms with E-state index in [1.54, 1.807) is 7.11 Å². The van der Waals surface area contributed by atoms with Gasteiger partial charge in [-0.1, -0.05) is 25.5 Å². The molecule has 0 bridgehead atoms. The third-order valence-corrected chi connectivity index (χ3v) is 5.38. The molecule has 0 unspecified atom stereocenters. The summed E-state index contributed by atoms with van der Waals surface area (Å²) in [5.41, 5.74) is 10.5. The van der Waals surface area contributed by atoms with Crippen molar-refractivity contribution < 1.29 is 4.74 Å². The zero-order valence-electron chi connectivity index (χ0n) is 17.4. The van der Waals surface area contributed by atoms with Crippen LogP contribution in [0.2, 0.25) is 0 Å². The minimum absolute atomic E-state index is 0.537. The Balaban J connectivity index is 1.74. The average molecular weight is 384 g/mol. The van der Waals surface area contributed by atoms with Gasteiger partial charge in [-0.25, -0.2) is 4.98 Å². The summed E-state index contributed by atoms with van der Waals surface area (Å²) in [6, 6.07) is 6.50. The number of nitrogen functional groups attached to an aromatic ring is 1. The largest absolute Gasteiger partial charge is 0.496 e. The summed E-state index contributed by atoms with van der Waals surface area (Å²) >= 11 is 0. The lowest BCUT2D eigenvalue weighted by molar-refractivity contribution is 0.330. The van der Waals surface area contributed by atoms with Gasteiger partial charge in [0.2, 0.25) is 5.95 Å². The third-order valence-electron chi connectivity index (χ3n) is 5.38. The number of nitrogens with one attached hydrogen (secondary N) is 1. The van der Waals surface area contributed by atoms with E-state index in [1.807, 2.05) is 6.92 Å². The van der Waals surface area contributed by atoms with Gasteiger partial charge in [-0.2, -0.15) is 4.98 Å². The number of anilines is 2. The van der Waals surface area contributed by atoms with E-state index in [2.05, 4.69) is 45.3 Å². The first kappa shape index (κ1) is 20.4. The highest BCUT2D eigenvalue weighted by Crippen LogP contribution is 2.27. The molecular weight excluding hydrogens is 350 g/mol. The van der Waals surface area contributed by atoms with Gasteiger partial charge in [-0.05, 0) is 56.5 Å². The van der Waals surface area contributed by atoms with E-state index in [1.165, 1.54) is 31.5 Å². The fourth-order valence-electron chi connectivity index (χ4n) is 3.72. The summed E-state index contributed by atoms with van der Waals surface area (Å²) < 4.78 is 5.68. The first-order valence-corrected chi connectivity index (χ1v) is 10.4. The molecule has 0 radical (unpaired) electrons. The minimum atomic E-state index is 0.537. The van der Waals surface area contributed by atoms with Crippen LogP contribution in [0.3, 0.4) is 0 Å². The van der Waals surface area contributed by atoms with Gasteiger partial charge < -0.3 is 15.8 Å². The van der Waals surface area contributed by atoms with Crippen molar-refractivity contribution >= 4 is 11.8 Å². The lowest BCUT2D eigenvalue weighted by atomic mass is 10.0. The second-order valence-corrected chi connectivity index (χ2v) is 7.58. The van der Waals surface area contributed by atoms with E-state index in [0.717, 1.165) is 48.5 Å². The van der Waals surface area contributed by atoms with E-state index in [0.29, 0.717) is 18.2 Å². The molecule has 1 fully saturated rings. The van der Waals surface area contributed by atoms with Gasteiger partial charge in [-0.3, -0.25) is 4.90 Å². The van der Waals surface area contributed by atoms with Crippen molar-refractivity contribution in [3.05, 3.63) is 40.6 Å². The molecule has 6 heteroatoms. The van der Waals surface area contributed by atoms with Gasteiger partial charge in [0.1, 0.15) is 11.6 Å². The van der Waals surface area contributed by atoms with Crippen molar-refractivity contribution in [2.24, 2.45) is 0 Å². The lowest BCUT2D eigenvalue weighted by Crippen LogP contribution is -2.18. The van der Waals surface area contributed by atoms with Crippen LogP contribution >= 0.6 is 0 Å². The Kier molecular flexibility index (Phi) is 7.09. The van der Waals surface area contributed by atoms with Crippen LogP contribution in [0.25, 0.3) is 0 Å². The third kappa shape index (κ3) is 5.13. The molecule has 1 aliphatic heterocycles. The molecule has 2 aromatic rings. The highest BCUT2D eigenvalue weighted by molar-refractivity contribution is 5.51. The molecule has 0 spiro atoms. The Morgan fingerprint density at radius 3 is 2.68 bits per heavy atom. The van der Waals surface area contributed by atoms with E-state index < -0.39 is 0 Å². The van der Waals surface area contributed by atoms with Crippen molar-refractivity contribution in [1.29, 1.82) is 0 Å². The smallest absolute Gasteiger partial charge is 0.224 e. The summed E-state index contributed by atoms with van der Waals surface area (Å²) in [7, 11) is 1.73. The second-order valence-electron chi connectivity index (χ2n) is 7.58. The summed E-state index contributed by atoms with van der Waals surface area (Å²) in [6.45, 7) is 8.38. The van der Waals surface area contributed by atoms with Gasteiger partial charge in [0.05, 0.1) is 7.11 Å². The van der Waals surface area contributed by atoms with Gasteiger partial charge in [-0.15, -0.1) is 0 Å². The van der Waals surface area contributed by atoms with Crippen LogP contribution < -0.4 is 15.8 Å². The van der Waals surface area contributed by atoms with Crippen molar-refractivity contribution in [2.45, 2.75) is 52.5 Å². The number of unbranched alkanes of at least 4 members (excludes halogenated alkanes) is 1. The maximum atomic E-state index is 6.27. The first-order valence-electron chi connectivity index (χ1n) is 10.4. The molecular formula is C22H33N5O. The number of likely N-dealkylation sites (tertiary alicyclic amines) is 1. The van der Waals surface area contributed by atoms with E-state index in [-0.39, 0.29) is 0 Å². The van der Waals surface area contributed by atoms with Crippen LogP contribution in [0.4, 0.5) is 11.8 Å². The Morgan fingerprint density at radius 1 is 1.21 bits per heavy atom. The van der Waals surface area contributed by atoms with Crippen LogP contribution in [0.1, 0.15) is 55.0 Å². The zero-order chi connectivity index (χ0) is 19.9. The molecule has 1 saturated heterocycles. The Morgan fingerprint density at radius 2 is 2.00 bits per heavy atom. The Labute approximate surface area is 168 Å². The number of ether oxygens (including phenoxy) is 1. The molecule has 1 aromatic carbocycles. The molecule has 1 aromatic heterocycles. The molecule has 2 heterocycles. The minimum Gasteiger partial charge on any atom is -0.496 e. The summed E-state index contributed by atoms with van der Waals surface area (Å²) in [5, 5.41) is 3.25. The topological polar surface area (TPSA) is 76.3 Å². The van der Waals surface area contributed by atoms with E-state index >= 15 is 0 Å². The number of nitrogens with two attached hydrogens (primary N) is 1. The summed E-state index contributed by atoms with van der Waals surface area (Å²) in [6.07, 6.45) is 5.49. The van der Waals surface area contributed by atoms with Gasteiger partial charge in [0, 0.05) is 30.8 Å². The van der Waals surface area contributed by atoms with Crippen molar-refractivity contribution in [3.63, 3.8) is 0 Å². The maximum Gasteiger partial charge on any atom is 0.224 e. The molecule has 0 amide bonds. The van der Waals surface area contributed by atoms with Crippen molar-refractivity contribution in [3.8, 4) is 5.75 Å². The van der Waals surface area contributed by atoms with Crippen LogP contribution in [-0.4, -0.2) is 41.6 Å². The van der Waals surface area contributed by atoms with Crippen molar-refractivity contribution in [1.82, 2.24) is 14.9 Å². The number of aryl methyl sites for hydroxylation is 1. The van der Waals surface area contributed by atoms with Gasteiger partial charge >= 0.3 is 0 Å². The number of rotatable bonds is 9. The molecule has 3 N–H and O–H groups in total. The van der Waals surface area contributed by atoms with Crippen LogP contribution in [0.15, 0.2) is 18.2 Å². The number of hydrogen-bond acceptors (Lipinski definition) is 6. The Hall–Kier alpha value is -2.34. The zero-order valence-corrected chi connectivity index (χ0v) is 17.4. The number of nitrogens with zero attached hydrogens (tertiary/aromatic N) is 3. The molecule has 1 aliphatic rings. The summed E-state index contributed by atoms with van der Waals surface area (Å²) in [5.74, 6) is 2.05. The van der Waals surface area contributed by atoms with Gasteiger partial charge in [0.25, 0.3) is 0 Å². The normalized spacial score (nSPS) is 14.4. The van der Waals surface area contributed by atoms with Crippen LogP contribution in [0, 0.1) is 6.92 Å². The molecule has 152 valence electrons. The highest BCUT2D eigenvalue weighted by atomic mass is 16.5. The summed E-state index contributed by atoms with van der Waals surface area (Å²) in [4.78, 5) is 11.5.